The molecule has 0 aliphatic carbocycles. The summed E-state index contributed by atoms with van der Waals surface area (Å²) >= 11 is 1.09. The molecule has 0 amide bonds. The zero-order valence-corrected chi connectivity index (χ0v) is 13.1. The largest absolute Gasteiger partial charge is 0.382 e. The van der Waals surface area contributed by atoms with Gasteiger partial charge < -0.3 is 11.1 Å². The third-order valence-corrected chi connectivity index (χ3v) is 5.20. The topological polar surface area (TPSA) is 85.1 Å². The predicted octanol–water partition coefficient (Wildman–Crippen LogP) is 2.22. The standard InChI is InChI=1S/C11H21N3O2S2/c1-7(11(2,3)4)6-13-10-8(18(5,15)16)9(12)14-17-10/h7,13H,6H2,1-5H3,(H2,12,14). The number of nitrogens with one attached hydrogen (secondary N) is 1. The molecule has 7 heteroatoms. The van der Waals surface area contributed by atoms with Gasteiger partial charge in [-0.25, -0.2) is 8.42 Å². The molecule has 0 aromatic carbocycles. The lowest BCUT2D eigenvalue weighted by Crippen LogP contribution is -2.25. The molecule has 1 heterocycles. The fraction of sp³-hybridized carbons (Fsp3) is 0.727. The van der Waals surface area contributed by atoms with Crippen LogP contribution in [-0.4, -0.2) is 25.6 Å². The van der Waals surface area contributed by atoms with Crippen LogP contribution in [0.5, 0.6) is 0 Å². The number of aromatic nitrogens is 1. The van der Waals surface area contributed by atoms with Crippen LogP contribution in [0.25, 0.3) is 0 Å². The minimum absolute atomic E-state index is 0.0772. The Labute approximate surface area is 113 Å². The fourth-order valence-corrected chi connectivity index (χ4v) is 3.39. The number of nitrogen functional groups attached to an aromatic ring is 1. The minimum atomic E-state index is -3.34. The van der Waals surface area contributed by atoms with E-state index in [9.17, 15) is 8.42 Å². The first-order valence-corrected chi connectivity index (χ1v) is 8.39. The summed E-state index contributed by atoms with van der Waals surface area (Å²) in [5.41, 5.74) is 5.76. The third-order valence-electron chi connectivity index (χ3n) is 3.09. The maximum Gasteiger partial charge on any atom is 0.182 e. The molecule has 1 aromatic heterocycles. The first-order chi connectivity index (χ1) is 8.03. The summed E-state index contributed by atoms with van der Waals surface area (Å²) in [4.78, 5) is 0.119. The minimum Gasteiger partial charge on any atom is -0.382 e. The molecule has 0 bridgehead atoms. The van der Waals surface area contributed by atoms with E-state index >= 15 is 0 Å². The molecule has 0 aliphatic rings. The number of hydrogen-bond donors (Lipinski definition) is 2. The second-order valence-electron chi connectivity index (χ2n) is 5.65. The van der Waals surface area contributed by atoms with Gasteiger partial charge >= 0.3 is 0 Å². The van der Waals surface area contributed by atoms with Crippen LogP contribution in [0, 0.1) is 11.3 Å². The van der Waals surface area contributed by atoms with Gasteiger partial charge in [0.15, 0.2) is 15.7 Å². The average molecular weight is 291 g/mol. The molecule has 104 valence electrons. The van der Waals surface area contributed by atoms with Crippen LogP contribution in [-0.2, 0) is 9.84 Å². The third kappa shape index (κ3) is 3.58. The molecular formula is C11H21N3O2S2. The quantitative estimate of drug-likeness (QED) is 0.888. The Morgan fingerprint density at radius 3 is 2.44 bits per heavy atom. The van der Waals surface area contributed by atoms with Crippen LogP contribution in [0.2, 0.25) is 0 Å². The molecular weight excluding hydrogens is 270 g/mol. The molecule has 18 heavy (non-hydrogen) atoms. The van der Waals surface area contributed by atoms with Crippen molar-refractivity contribution in [3.05, 3.63) is 0 Å². The Hall–Kier alpha value is -0.820. The fourth-order valence-electron chi connectivity index (χ4n) is 1.32. The predicted molar refractivity (Wildman–Crippen MR) is 76.7 cm³/mol. The summed E-state index contributed by atoms with van der Waals surface area (Å²) < 4.78 is 27.1. The molecule has 1 aromatic rings. The van der Waals surface area contributed by atoms with E-state index < -0.39 is 9.84 Å². The Kier molecular flexibility index (Phi) is 4.27. The van der Waals surface area contributed by atoms with E-state index in [1.807, 2.05) is 0 Å². The lowest BCUT2D eigenvalue weighted by atomic mass is 9.82. The van der Waals surface area contributed by atoms with Crippen molar-refractivity contribution in [2.75, 3.05) is 23.9 Å². The highest BCUT2D eigenvalue weighted by Crippen LogP contribution is 2.32. The number of nitrogens with zero attached hydrogens (tertiary/aromatic N) is 1. The summed E-state index contributed by atoms with van der Waals surface area (Å²) in [5.74, 6) is 0.474. The number of rotatable bonds is 4. The van der Waals surface area contributed by atoms with Gasteiger partial charge in [0.1, 0.15) is 9.90 Å². The summed E-state index contributed by atoms with van der Waals surface area (Å²) in [6.45, 7) is 9.26. The van der Waals surface area contributed by atoms with Crippen molar-refractivity contribution < 1.29 is 8.42 Å². The molecule has 3 N–H and O–H groups in total. The first kappa shape index (κ1) is 15.2. The molecule has 0 saturated heterocycles. The summed E-state index contributed by atoms with van der Waals surface area (Å²) in [7, 11) is -3.34. The normalized spacial score (nSPS) is 14.5. The Balaban J connectivity index is 2.88. The van der Waals surface area contributed by atoms with Gasteiger partial charge in [-0.1, -0.05) is 27.7 Å². The van der Waals surface area contributed by atoms with Gasteiger partial charge in [0.25, 0.3) is 0 Å². The van der Waals surface area contributed by atoms with Gasteiger partial charge in [-0.05, 0) is 22.9 Å². The van der Waals surface area contributed by atoms with Crippen molar-refractivity contribution in [1.29, 1.82) is 0 Å². The van der Waals surface area contributed by atoms with Crippen LogP contribution in [0.15, 0.2) is 4.90 Å². The van der Waals surface area contributed by atoms with Crippen LogP contribution in [0.4, 0.5) is 10.8 Å². The van der Waals surface area contributed by atoms with E-state index in [1.165, 1.54) is 0 Å². The molecule has 1 atom stereocenters. The Morgan fingerprint density at radius 2 is 2.00 bits per heavy atom. The number of anilines is 2. The van der Waals surface area contributed by atoms with E-state index in [2.05, 4.69) is 37.4 Å². The van der Waals surface area contributed by atoms with Crippen molar-refractivity contribution in [1.82, 2.24) is 4.37 Å². The molecule has 0 spiro atoms. The number of nitrogens with two attached hydrogens (primary N) is 1. The molecule has 0 fully saturated rings. The zero-order valence-electron chi connectivity index (χ0n) is 11.4. The highest BCUT2D eigenvalue weighted by atomic mass is 32.2. The van der Waals surface area contributed by atoms with Gasteiger partial charge in [-0.3, -0.25) is 0 Å². The average Bonchev–Trinajstić information content (AvgIpc) is 2.53. The molecule has 1 rings (SSSR count). The molecule has 0 radical (unpaired) electrons. The van der Waals surface area contributed by atoms with E-state index in [1.54, 1.807) is 0 Å². The SMILES string of the molecule is CC(CNc1snc(N)c1S(C)(=O)=O)C(C)(C)C. The van der Waals surface area contributed by atoms with Crippen molar-refractivity contribution in [3.8, 4) is 0 Å². The van der Waals surface area contributed by atoms with E-state index in [-0.39, 0.29) is 16.1 Å². The maximum atomic E-state index is 11.6. The summed E-state index contributed by atoms with van der Waals surface area (Å²) in [6.07, 6.45) is 1.14. The second kappa shape index (κ2) is 5.05. The van der Waals surface area contributed by atoms with Crippen LogP contribution in [0.3, 0.4) is 0 Å². The van der Waals surface area contributed by atoms with Crippen LogP contribution >= 0.6 is 11.5 Å². The van der Waals surface area contributed by atoms with E-state index in [0.717, 1.165) is 17.8 Å². The smallest absolute Gasteiger partial charge is 0.182 e. The monoisotopic (exact) mass is 291 g/mol. The van der Waals surface area contributed by atoms with Gasteiger partial charge in [0, 0.05) is 12.8 Å². The highest BCUT2D eigenvalue weighted by Gasteiger charge is 2.24. The van der Waals surface area contributed by atoms with Crippen molar-refractivity contribution in [2.45, 2.75) is 32.6 Å². The molecule has 5 nitrogen and oxygen atoms in total. The molecule has 0 saturated carbocycles. The second-order valence-corrected chi connectivity index (χ2v) is 8.37. The maximum absolute atomic E-state index is 11.6. The van der Waals surface area contributed by atoms with E-state index in [0.29, 0.717) is 17.5 Å². The van der Waals surface area contributed by atoms with Gasteiger partial charge in [-0.2, -0.15) is 4.37 Å². The van der Waals surface area contributed by atoms with Gasteiger partial charge in [0.2, 0.25) is 0 Å². The highest BCUT2D eigenvalue weighted by molar-refractivity contribution is 7.91. The first-order valence-electron chi connectivity index (χ1n) is 5.72. The molecule has 1 unspecified atom stereocenters. The zero-order chi connectivity index (χ0) is 14.1. The van der Waals surface area contributed by atoms with Crippen molar-refractivity contribution in [3.63, 3.8) is 0 Å². The summed E-state index contributed by atoms with van der Waals surface area (Å²) in [5, 5.41) is 3.68. The lowest BCUT2D eigenvalue weighted by Gasteiger charge is -2.27. The van der Waals surface area contributed by atoms with Crippen LogP contribution < -0.4 is 11.1 Å². The Bertz CT molecular complexity index is 515. The number of sulfone groups is 1. The van der Waals surface area contributed by atoms with Gasteiger partial charge in [0.05, 0.1) is 0 Å². The molecule has 0 aliphatic heterocycles. The number of hydrogen-bond acceptors (Lipinski definition) is 6. The van der Waals surface area contributed by atoms with Gasteiger partial charge in [-0.15, -0.1) is 0 Å². The van der Waals surface area contributed by atoms with Crippen molar-refractivity contribution in [2.24, 2.45) is 11.3 Å². The summed E-state index contributed by atoms with van der Waals surface area (Å²) in [6, 6.07) is 0. The Morgan fingerprint density at radius 1 is 1.44 bits per heavy atom. The van der Waals surface area contributed by atoms with E-state index in [4.69, 9.17) is 5.73 Å². The lowest BCUT2D eigenvalue weighted by molar-refractivity contribution is 0.274. The van der Waals surface area contributed by atoms with Crippen molar-refractivity contribution >= 4 is 32.2 Å². The van der Waals surface area contributed by atoms with Crippen LogP contribution in [0.1, 0.15) is 27.7 Å².